The zero-order valence-electron chi connectivity index (χ0n) is 10.3. The summed E-state index contributed by atoms with van der Waals surface area (Å²) in [6.07, 6.45) is 2.32. The van der Waals surface area contributed by atoms with Crippen LogP contribution in [0.15, 0.2) is 28.7 Å². The van der Waals surface area contributed by atoms with E-state index < -0.39 is 0 Å². The lowest BCUT2D eigenvalue weighted by molar-refractivity contribution is 0.475. The van der Waals surface area contributed by atoms with Crippen LogP contribution in [-0.4, -0.2) is 16.7 Å². The van der Waals surface area contributed by atoms with E-state index in [9.17, 15) is 0 Å². The summed E-state index contributed by atoms with van der Waals surface area (Å²) >= 11 is 5.92. The van der Waals surface area contributed by atoms with E-state index >= 15 is 0 Å². The molecule has 2 rings (SSSR count). The Labute approximate surface area is 111 Å². The summed E-state index contributed by atoms with van der Waals surface area (Å²) in [6, 6.07) is 7.38. The lowest BCUT2D eigenvalue weighted by atomic mass is 10.2. The molecule has 96 valence electrons. The van der Waals surface area contributed by atoms with Gasteiger partial charge in [0.1, 0.15) is 0 Å². The van der Waals surface area contributed by atoms with Gasteiger partial charge in [-0.25, -0.2) is 0 Å². The van der Waals surface area contributed by atoms with Crippen molar-refractivity contribution in [2.75, 3.05) is 6.54 Å². The summed E-state index contributed by atoms with van der Waals surface area (Å²) in [5.74, 6) is 1.10. The van der Waals surface area contributed by atoms with Gasteiger partial charge in [-0.2, -0.15) is 0 Å². The smallest absolute Gasteiger partial charge is 0.247 e. The Bertz CT molecular complexity index is 498. The maximum absolute atomic E-state index is 5.92. The second-order valence-corrected chi connectivity index (χ2v) is 4.48. The zero-order chi connectivity index (χ0) is 12.8. The van der Waals surface area contributed by atoms with Gasteiger partial charge in [0.05, 0.1) is 6.54 Å². The van der Waals surface area contributed by atoms with E-state index in [4.69, 9.17) is 16.0 Å². The Balaban J connectivity index is 1.97. The third-order valence-corrected chi connectivity index (χ3v) is 2.76. The highest BCUT2D eigenvalue weighted by atomic mass is 35.5. The molecule has 0 aliphatic rings. The lowest BCUT2D eigenvalue weighted by Gasteiger charge is -1.98. The van der Waals surface area contributed by atoms with Gasteiger partial charge in [0.25, 0.3) is 0 Å². The molecule has 0 unspecified atom stereocenters. The largest absolute Gasteiger partial charge is 0.419 e. The molecule has 1 aromatic carbocycles. The van der Waals surface area contributed by atoms with E-state index in [1.54, 1.807) is 0 Å². The maximum Gasteiger partial charge on any atom is 0.247 e. The summed E-state index contributed by atoms with van der Waals surface area (Å²) in [5.41, 5.74) is 0.842. The minimum atomic E-state index is 0.504. The zero-order valence-corrected chi connectivity index (χ0v) is 11.1. The summed E-state index contributed by atoms with van der Waals surface area (Å²) in [4.78, 5) is 0. The van der Waals surface area contributed by atoms with Gasteiger partial charge < -0.3 is 9.73 Å². The first kappa shape index (κ1) is 13.1. The fourth-order valence-corrected chi connectivity index (χ4v) is 1.75. The molecule has 4 nitrogen and oxygen atoms in total. The van der Waals surface area contributed by atoms with E-state index in [1.165, 1.54) is 6.42 Å². The van der Waals surface area contributed by atoms with Crippen molar-refractivity contribution in [1.29, 1.82) is 0 Å². The Morgan fingerprint density at radius 1 is 1.33 bits per heavy atom. The van der Waals surface area contributed by atoms with Crippen molar-refractivity contribution in [3.05, 3.63) is 35.2 Å². The third kappa shape index (κ3) is 3.55. The molecule has 2 aromatic rings. The molecule has 1 heterocycles. The van der Waals surface area contributed by atoms with Crippen LogP contribution in [0.2, 0.25) is 5.02 Å². The van der Waals surface area contributed by atoms with Crippen LogP contribution in [0.4, 0.5) is 0 Å². The molecule has 0 amide bonds. The molecule has 0 aliphatic heterocycles. The quantitative estimate of drug-likeness (QED) is 0.815. The molecular formula is C13H16ClN3O. The molecule has 0 saturated carbocycles. The van der Waals surface area contributed by atoms with Crippen molar-refractivity contribution in [1.82, 2.24) is 15.5 Å². The minimum Gasteiger partial charge on any atom is -0.419 e. The summed E-state index contributed by atoms with van der Waals surface area (Å²) in [6.45, 7) is 3.73. The predicted molar refractivity (Wildman–Crippen MR) is 71.4 cm³/mol. The van der Waals surface area contributed by atoms with E-state index in [0.717, 1.165) is 18.5 Å². The molecule has 0 aliphatic carbocycles. The highest BCUT2D eigenvalue weighted by Crippen LogP contribution is 2.21. The van der Waals surface area contributed by atoms with Crippen LogP contribution < -0.4 is 5.32 Å². The van der Waals surface area contributed by atoms with E-state index in [1.807, 2.05) is 24.3 Å². The van der Waals surface area contributed by atoms with Crippen molar-refractivity contribution in [3.8, 4) is 11.5 Å². The fraction of sp³-hybridized carbons (Fsp3) is 0.385. The van der Waals surface area contributed by atoms with Gasteiger partial charge >= 0.3 is 0 Å². The molecular weight excluding hydrogens is 250 g/mol. The third-order valence-electron chi connectivity index (χ3n) is 2.52. The normalized spacial score (nSPS) is 10.8. The SMILES string of the molecule is CCCCNCc1nnc(-c2cccc(Cl)c2)o1. The number of hydrogen-bond acceptors (Lipinski definition) is 4. The summed E-state index contributed by atoms with van der Waals surface area (Å²) in [5, 5.41) is 11.9. The first-order valence-electron chi connectivity index (χ1n) is 6.08. The second-order valence-electron chi connectivity index (χ2n) is 4.04. The number of unbranched alkanes of at least 4 members (excludes halogenated alkanes) is 1. The molecule has 0 fully saturated rings. The first-order chi connectivity index (χ1) is 8.79. The highest BCUT2D eigenvalue weighted by Gasteiger charge is 2.08. The van der Waals surface area contributed by atoms with Gasteiger partial charge in [-0.1, -0.05) is 31.0 Å². The van der Waals surface area contributed by atoms with Crippen LogP contribution in [0.3, 0.4) is 0 Å². The Hall–Kier alpha value is -1.39. The Kier molecular flexibility index (Phi) is 4.73. The topological polar surface area (TPSA) is 51.0 Å². The standard InChI is InChI=1S/C13H16ClN3O/c1-2-3-7-15-9-12-16-17-13(18-12)10-5-4-6-11(14)8-10/h4-6,8,15H,2-3,7,9H2,1H3. The van der Waals surface area contributed by atoms with Crippen LogP contribution in [-0.2, 0) is 6.54 Å². The number of benzene rings is 1. The van der Waals surface area contributed by atoms with Gasteiger partial charge in [0.2, 0.25) is 11.8 Å². The van der Waals surface area contributed by atoms with Crippen LogP contribution in [0.25, 0.3) is 11.5 Å². The highest BCUT2D eigenvalue weighted by molar-refractivity contribution is 6.30. The summed E-state index contributed by atoms with van der Waals surface area (Å²) in [7, 11) is 0. The molecule has 1 N–H and O–H groups in total. The van der Waals surface area contributed by atoms with Gasteiger partial charge in [-0.3, -0.25) is 0 Å². The maximum atomic E-state index is 5.92. The van der Waals surface area contributed by atoms with Crippen LogP contribution in [0, 0.1) is 0 Å². The number of nitrogens with one attached hydrogen (secondary N) is 1. The van der Waals surface area contributed by atoms with Gasteiger partial charge in [-0.05, 0) is 31.2 Å². The molecule has 0 atom stereocenters. The Morgan fingerprint density at radius 2 is 2.22 bits per heavy atom. The Morgan fingerprint density at radius 3 is 3.00 bits per heavy atom. The molecule has 0 radical (unpaired) electrons. The van der Waals surface area contributed by atoms with Crippen molar-refractivity contribution >= 4 is 11.6 Å². The lowest BCUT2D eigenvalue weighted by Crippen LogP contribution is -2.14. The average molecular weight is 266 g/mol. The predicted octanol–water partition coefficient (Wildman–Crippen LogP) is 3.28. The van der Waals surface area contributed by atoms with Crippen LogP contribution in [0.1, 0.15) is 25.7 Å². The number of rotatable bonds is 6. The summed E-state index contributed by atoms with van der Waals surface area (Å²) < 4.78 is 5.56. The number of hydrogen-bond donors (Lipinski definition) is 1. The molecule has 0 spiro atoms. The van der Waals surface area contributed by atoms with Crippen molar-refractivity contribution in [2.45, 2.75) is 26.3 Å². The van der Waals surface area contributed by atoms with Crippen LogP contribution in [0.5, 0.6) is 0 Å². The fourth-order valence-electron chi connectivity index (χ4n) is 1.56. The van der Waals surface area contributed by atoms with Crippen LogP contribution >= 0.6 is 11.6 Å². The van der Waals surface area contributed by atoms with Crippen molar-refractivity contribution in [2.24, 2.45) is 0 Å². The molecule has 18 heavy (non-hydrogen) atoms. The van der Waals surface area contributed by atoms with E-state index in [2.05, 4.69) is 22.4 Å². The van der Waals surface area contributed by atoms with E-state index in [0.29, 0.717) is 23.3 Å². The molecule has 1 aromatic heterocycles. The van der Waals surface area contributed by atoms with Crippen molar-refractivity contribution < 1.29 is 4.42 Å². The second kappa shape index (κ2) is 6.52. The van der Waals surface area contributed by atoms with Gasteiger partial charge in [-0.15, -0.1) is 10.2 Å². The van der Waals surface area contributed by atoms with Crippen molar-refractivity contribution in [3.63, 3.8) is 0 Å². The molecule has 5 heteroatoms. The monoisotopic (exact) mass is 265 g/mol. The molecule has 0 saturated heterocycles. The van der Waals surface area contributed by atoms with E-state index in [-0.39, 0.29) is 0 Å². The average Bonchev–Trinajstić information content (AvgIpc) is 2.83. The number of aromatic nitrogens is 2. The van der Waals surface area contributed by atoms with Gasteiger partial charge in [0.15, 0.2) is 0 Å². The van der Waals surface area contributed by atoms with Gasteiger partial charge in [0, 0.05) is 10.6 Å². The first-order valence-corrected chi connectivity index (χ1v) is 6.46. The number of halogens is 1. The number of nitrogens with zero attached hydrogens (tertiary/aromatic N) is 2. The molecule has 0 bridgehead atoms. The minimum absolute atomic E-state index is 0.504.